The third-order valence-corrected chi connectivity index (χ3v) is 4.81. The van der Waals surface area contributed by atoms with Crippen molar-refractivity contribution in [1.82, 2.24) is 5.32 Å². The second-order valence-corrected chi connectivity index (χ2v) is 7.25. The molecule has 1 fully saturated rings. The van der Waals surface area contributed by atoms with E-state index in [1.807, 2.05) is 25.6 Å². The van der Waals surface area contributed by atoms with Gasteiger partial charge in [0.05, 0.1) is 6.10 Å². The highest BCUT2D eigenvalue weighted by atomic mass is 32.2. The van der Waals surface area contributed by atoms with E-state index in [0.29, 0.717) is 12.5 Å². The predicted octanol–water partition coefficient (Wildman–Crippen LogP) is 2.91. The van der Waals surface area contributed by atoms with Gasteiger partial charge in [0.15, 0.2) is 0 Å². The van der Waals surface area contributed by atoms with Crippen LogP contribution >= 0.6 is 11.8 Å². The van der Waals surface area contributed by atoms with Crippen molar-refractivity contribution in [2.45, 2.75) is 70.6 Å². The van der Waals surface area contributed by atoms with Gasteiger partial charge in [0.1, 0.15) is 5.54 Å². The van der Waals surface area contributed by atoms with Crippen LogP contribution in [0.5, 0.6) is 0 Å². The molecule has 1 aliphatic rings. The van der Waals surface area contributed by atoms with Gasteiger partial charge < -0.3 is 9.84 Å². The van der Waals surface area contributed by atoms with Gasteiger partial charge in [-0.05, 0) is 52.2 Å². The van der Waals surface area contributed by atoms with E-state index in [1.54, 1.807) is 6.92 Å². The predicted molar refractivity (Wildman–Crippen MR) is 84.5 cm³/mol. The zero-order valence-corrected chi connectivity index (χ0v) is 13.8. The van der Waals surface area contributed by atoms with Crippen LogP contribution in [0, 0.1) is 0 Å². The number of thioether (sulfide) groups is 1. The first-order chi connectivity index (χ1) is 9.44. The molecule has 0 aromatic heterocycles. The standard InChI is InChI=1S/C15H29NO3S/c1-12(2)16-15(3,14(17)18)8-4-5-10-20-11-13-7-6-9-19-13/h12-13,16H,4-11H2,1-3H3,(H,17,18). The van der Waals surface area contributed by atoms with Crippen molar-refractivity contribution >= 4 is 17.7 Å². The average molecular weight is 303 g/mol. The van der Waals surface area contributed by atoms with Gasteiger partial charge >= 0.3 is 5.97 Å². The fourth-order valence-electron chi connectivity index (χ4n) is 2.55. The van der Waals surface area contributed by atoms with Crippen LogP contribution in [0.4, 0.5) is 0 Å². The zero-order valence-electron chi connectivity index (χ0n) is 13.0. The topological polar surface area (TPSA) is 58.6 Å². The van der Waals surface area contributed by atoms with Crippen LogP contribution in [0.2, 0.25) is 0 Å². The maximum Gasteiger partial charge on any atom is 0.323 e. The molecule has 0 aliphatic carbocycles. The van der Waals surface area contributed by atoms with Gasteiger partial charge in [0.25, 0.3) is 0 Å². The van der Waals surface area contributed by atoms with E-state index in [1.165, 1.54) is 12.8 Å². The third kappa shape index (κ3) is 6.46. The Morgan fingerprint density at radius 1 is 1.50 bits per heavy atom. The van der Waals surface area contributed by atoms with Gasteiger partial charge in [0, 0.05) is 18.4 Å². The van der Waals surface area contributed by atoms with Crippen LogP contribution in [0.1, 0.15) is 52.9 Å². The fraction of sp³-hybridized carbons (Fsp3) is 0.933. The molecule has 0 saturated carbocycles. The minimum atomic E-state index is -0.798. The number of carboxylic acid groups (broad SMARTS) is 1. The maximum atomic E-state index is 11.4. The molecule has 4 nitrogen and oxygen atoms in total. The van der Waals surface area contributed by atoms with E-state index in [0.717, 1.165) is 31.0 Å². The van der Waals surface area contributed by atoms with Crippen molar-refractivity contribution in [1.29, 1.82) is 0 Å². The van der Waals surface area contributed by atoms with E-state index in [-0.39, 0.29) is 6.04 Å². The number of ether oxygens (including phenoxy) is 1. The number of nitrogens with one attached hydrogen (secondary N) is 1. The number of hydrogen-bond donors (Lipinski definition) is 2. The summed E-state index contributed by atoms with van der Waals surface area (Å²) in [5, 5.41) is 12.5. The monoisotopic (exact) mass is 303 g/mol. The second-order valence-electron chi connectivity index (χ2n) is 6.10. The van der Waals surface area contributed by atoms with Crippen LogP contribution in [0.3, 0.4) is 0 Å². The molecule has 2 unspecified atom stereocenters. The number of hydrogen-bond acceptors (Lipinski definition) is 4. The smallest absolute Gasteiger partial charge is 0.323 e. The number of carboxylic acids is 1. The summed E-state index contributed by atoms with van der Waals surface area (Å²) < 4.78 is 5.58. The first-order valence-electron chi connectivity index (χ1n) is 7.64. The van der Waals surface area contributed by atoms with Gasteiger partial charge in [-0.25, -0.2) is 0 Å². The fourth-order valence-corrected chi connectivity index (χ4v) is 3.65. The van der Waals surface area contributed by atoms with Gasteiger partial charge in [-0.3, -0.25) is 10.1 Å². The molecule has 0 aromatic rings. The summed E-state index contributed by atoms with van der Waals surface area (Å²) in [6.45, 7) is 6.68. The molecule has 0 bridgehead atoms. The van der Waals surface area contributed by atoms with E-state index < -0.39 is 11.5 Å². The van der Waals surface area contributed by atoms with Crippen molar-refractivity contribution in [3.63, 3.8) is 0 Å². The molecule has 1 rings (SSSR count). The molecule has 1 heterocycles. The van der Waals surface area contributed by atoms with E-state index >= 15 is 0 Å². The highest BCUT2D eigenvalue weighted by molar-refractivity contribution is 7.99. The third-order valence-electron chi connectivity index (χ3n) is 3.62. The summed E-state index contributed by atoms with van der Waals surface area (Å²) >= 11 is 1.93. The zero-order chi connectivity index (χ0) is 15.0. The van der Waals surface area contributed by atoms with E-state index in [2.05, 4.69) is 5.32 Å². The quantitative estimate of drug-likeness (QED) is 0.608. The van der Waals surface area contributed by atoms with Gasteiger partial charge in [0.2, 0.25) is 0 Å². The van der Waals surface area contributed by atoms with Crippen LogP contribution < -0.4 is 5.32 Å². The minimum Gasteiger partial charge on any atom is -0.480 e. The normalized spacial score (nSPS) is 22.1. The summed E-state index contributed by atoms with van der Waals surface area (Å²) in [4.78, 5) is 11.4. The highest BCUT2D eigenvalue weighted by Crippen LogP contribution is 2.20. The minimum absolute atomic E-state index is 0.185. The lowest BCUT2D eigenvalue weighted by atomic mass is 9.94. The van der Waals surface area contributed by atoms with Crippen molar-refractivity contribution in [2.75, 3.05) is 18.1 Å². The van der Waals surface area contributed by atoms with Crippen molar-refractivity contribution in [3.05, 3.63) is 0 Å². The summed E-state index contributed by atoms with van der Waals surface area (Å²) in [6.07, 6.45) is 5.54. The molecule has 0 spiro atoms. The number of rotatable bonds is 10. The summed E-state index contributed by atoms with van der Waals surface area (Å²) in [6, 6.07) is 0.185. The Morgan fingerprint density at radius 2 is 2.25 bits per heavy atom. The van der Waals surface area contributed by atoms with Crippen LogP contribution in [0.15, 0.2) is 0 Å². The molecule has 20 heavy (non-hydrogen) atoms. The average Bonchev–Trinajstić information content (AvgIpc) is 2.85. The molecular weight excluding hydrogens is 274 g/mol. The Hall–Kier alpha value is -0.260. The maximum absolute atomic E-state index is 11.4. The Balaban J connectivity index is 2.12. The molecule has 2 N–H and O–H groups in total. The Kier molecular flexibility index (Phi) is 7.92. The number of aliphatic carboxylic acids is 1. The largest absolute Gasteiger partial charge is 0.480 e. The van der Waals surface area contributed by atoms with E-state index in [9.17, 15) is 9.90 Å². The SMILES string of the molecule is CC(C)NC(C)(CCCCSCC1CCCO1)C(=O)O. The Labute approximate surface area is 127 Å². The number of carbonyl (C=O) groups is 1. The van der Waals surface area contributed by atoms with Crippen molar-refractivity contribution in [3.8, 4) is 0 Å². The van der Waals surface area contributed by atoms with Gasteiger partial charge in [-0.15, -0.1) is 0 Å². The highest BCUT2D eigenvalue weighted by Gasteiger charge is 2.32. The molecule has 0 amide bonds. The summed E-state index contributed by atoms with van der Waals surface area (Å²) in [5.41, 5.74) is -0.798. The lowest BCUT2D eigenvalue weighted by Gasteiger charge is -2.28. The van der Waals surface area contributed by atoms with Crippen LogP contribution in [-0.2, 0) is 9.53 Å². The molecule has 0 aromatic carbocycles. The second kappa shape index (κ2) is 8.90. The lowest BCUT2D eigenvalue weighted by molar-refractivity contribution is -0.144. The van der Waals surface area contributed by atoms with Crippen LogP contribution in [0.25, 0.3) is 0 Å². The molecule has 0 radical (unpaired) electrons. The molecule has 1 aliphatic heterocycles. The van der Waals surface area contributed by atoms with Gasteiger partial charge in [-0.1, -0.05) is 6.42 Å². The first-order valence-corrected chi connectivity index (χ1v) is 8.80. The molecule has 118 valence electrons. The van der Waals surface area contributed by atoms with E-state index in [4.69, 9.17) is 4.74 Å². The first kappa shape index (κ1) is 17.8. The summed E-state index contributed by atoms with van der Waals surface area (Å²) in [5.74, 6) is 1.43. The molecule has 5 heteroatoms. The molecule has 1 saturated heterocycles. The van der Waals surface area contributed by atoms with Crippen LogP contribution in [-0.4, -0.2) is 46.9 Å². The lowest BCUT2D eigenvalue weighted by Crippen LogP contribution is -2.52. The number of unbranched alkanes of at least 4 members (excludes halogenated alkanes) is 1. The van der Waals surface area contributed by atoms with Crippen molar-refractivity contribution < 1.29 is 14.6 Å². The molecular formula is C15H29NO3S. The van der Waals surface area contributed by atoms with Crippen molar-refractivity contribution in [2.24, 2.45) is 0 Å². The molecule has 2 atom stereocenters. The Bertz CT molecular complexity index is 293. The summed E-state index contributed by atoms with van der Waals surface area (Å²) in [7, 11) is 0. The van der Waals surface area contributed by atoms with Gasteiger partial charge in [-0.2, -0.15) is 11.8 Å². The Morgan fingerprint density at radius 3 is 2.80 bits per heavy atom.